The van der Waals surface area contributed by atoms with E-state index in [0.717, 1.165) is 55.9 Å². The fourth-order valence-electron chi connectivity index (χ4n) is 8.39. The summed E-state index contributed by atoms with van der Waals surface area (Å²) in [6, 6.07) is 45.7. The van der Waals surface area contributed by atoms with Gasteiger partial charge in [0.25, 0.3) is 6.33 Å². The summed E-state index contributed by atoms with van der Waals surface area (Å²) < 4.78 is 13.3. The van der Waals surface area contributed by atoms with Crippen molar-refractivity contribution in [2.75, 3.05) is 0 Å². The first-order valence-corrected chi connectivity index (χ1v) is 22.1. The molecule has 0 radical (unpaired) electrons. The average molecular weight is 830 g/mol. The van der Waals surface area contributed by atoms with E-state index in [0.29, 0.717) is 5.75 Å². The Bertz CT molecular complexity index is 3140. The van der Waals surface area contributed by atoms with Gasteiger partial charge in [-0.2, -0.15) is 0 Å². The zero-order chi connectivity index (χ0) is 44.6. The van der Waals surface area contributed by atoms with Crippen LogP contribution in [0, 0.1) is 6.33 Å². The van der Waals surface area contributed by atoms with E-state index in [9.17, 15) is 0 Å². The van der Waals surface area contributed by atoms with Gasteiger partial charge in [-0.25, -0.2) is 4.98 Å². The number of ether oxygens (including phenoxy) is 1. The Kier molecular flexibility index (Phi) is 10.0. The lowest BCUT2D eigenvalue weighted by Crippen LogP contribution is -2.31. The van der Waals surface area contributed by atoms with Gasteiger partial charge in [-0.05, 0) is 116 Å². The molecule has 0 fully saturated rings. The van der Waals surface area contributed by atoms with E-state index in [4.69, 9.17) is 14.7 Å². The van der Waals surface area contributed by atoms with Crippen LogP contribution in [0.4, 0.5) is 0 Å². The molecule has 9 aromatic rings. The van der Waals surface area contributed by atoms with Crippen molar-refractivity contribution in [3.05, 3.63) is 168 Å². The van der Waals surface area contributed by atoms with E-state index in [1.165, 1.54) is 33.4 Å². The van der Waals surface area contributed by atoms with Crippen LogP contribution >= 0.6 is 0 Å². The molecule has 4 heterocycles. The van der Waals surface area contributed by atoms with Crippen LogP contribution < -0.4 is 9.30 Å². The zero-order valence-electron chi connectivity index (χ0n) is 38.9. The first-order chi connectivity index (χ1) is 29.7. The van der Waals surface area contributed by atoms with Crippen molar-refractivity contribution in [2.24, 2.45) is 0 Å². The smallest absolute Gasteiger partial charge is 0.271 e. The third kappa shape index (κ3) is 8.04. The molecule has 0 saturated heterocycles. The van der Waals surface area contributed by atoms with Crippen LogP contribution in [0.5, 0.6) is 11.5 Å². The van der Waals surface area contributed by atoms with Gasteiger partial charge in [0.05, 0.1) is 27.8 Å². The van der Waals surface area contributed by atoms with Crippen LogP contribution in [0.2, 0.25) is 0 Å². The topological polar surface area (TPSA) is 48.8 Å². The van der Waals surface area contributed by atoms with E-state index >= 15 is 0 Å². The molecular weight excluding hydrogens is 771 g/mol. The Balaban J connectivity index is 1.17. The van der Waals surface area contributed by atoms with Crippen LogP contribution in [-0.2, 0) is 21.7 Å². The molecule has 0 N–H and O–H groups in total. The minimum atomic E-state index is -0.0497. The maximum absolute atomic E-state index is 6.79. The van der Waals surface area contributed by atoms with E-state index in [2.05, 4.69) is 218 Å². The molecule has 5 aromatic carbocycles. The number of rotatable bonds is 6. The Morgan fingerprint density at radius 2 is 1.10 bits per heavy atom. The lowest BCUT2D eigenvalue weighted by Gasteiger charge is -2.26. The third-order valence-electron chi connectivity index (χ3n) is 12.3. The second-order valence-electron chi connectivity index (χ2n) is 21.2. The molecule has 63 heavy (non-hydrogen) atoms. The number of hydrogen-bond acceptors (Lipinski definition) is 3. The molecule has 6 heteroatoms. The summed E-state index contributed by atoms with van der Waals surface area (Å²) in [4.78, 5) is 9.88. The van der Waals surface area contributed by atoms with Crippen molar-refractivity contribution in [1.29, 1.82) is 0 Å². The van der Waals surface area contributed by atoms with Crippen molar-refractivity contribution in [3.8, 4) is 39.9 Å². The summed E-state index contributed by atoms with van der Waals surface area (Å²) in [6.07, 6.45) is 7.49. The molecule has 4 aromatic heterocycles. The Morgan fingerprint density at radius 1 is 0.460 bits per heavy atom. The second kappa shape index (κ2) is 15.1. The Morgan fingerprint density at radius 3 is 1.78 bits per heavy atom. The highest BCUT2D eigenvalue weighted by Gasteiger charge is 2.25. The molecule has 9 rings (SSSR count). The molecule has 0 unspecified atom stereocenters. The van der Waals surface area contributed by atoms with Crippen LogP contribution in [0.3, 0.4) is 0 Å². The molecular formula is C57H59N5O. The lowest BCUT2D eigenvalue weighted by atomic mass is 9.80. The number of aromatic nitrogens is 5. The number of benzene rings is 5. The van der Waals surface area contributed by atoms with Gasteiger partial charge in [0.15, 0.2) is 5.82 Å². The fraction of sp³-hybridized carbons (Fsp3) is 0.281. The van der Waals surface area contributed by atoms with Crippen LogP contribution in [-0.4, -0.2) is 19.1 Å². The van der Waals surface area contributed by atoms with Gasteiger partial charge in [-0.15, -0.1) is 0 Å². The Hall–Kier alpha value is -6.53. The van der Waals surface area contributed by atoms with Crippen LogP contribution in [0.25, 0.3) is 61.3 Å². The first-order valence-electron chi connectivity index (χ1n) is 22.1. The number of hydrogen-bond donors (Lipinski definition) is 0. The minimum absolute atomic E-state index is 0.0307. The first kappa shape index (κ1) is 41.8. The Labute approximate surface area is 372 Å². The van der Waals surface area contributed by atoms with Crippen molar-refractivity contribution in [1.82, 2.24) is 19.1 Å². The summed E-state index contributed by atoms with van der Waals surface area (Å²) in [7, 11) is 0. The summed E-state index contributed by atoms with van der Waals surface area (Å²) in [5.74, 6) is 3.00. The van der Waals surface area contributed by atoms with E-state index in [1.807, 2.05) is 24.5 Å². The van der Waals surface area contributed by atoms with Gasteiger partial charge in [0.2, 0.25) is 0 Å². The van der Waals surface area contributed by atoms with Crippen molar-refractivity contribution in [2.45, 2.75) is 105 Å². The molecule has 318 valence electrons. The number of fused-ring (bicyclic) bond motifs is 4. The van der Waals surface area contributed by atoms with Gasteiger partial charge in [0, 0.05) is 35.3 Å². The van der Waals surface area contributed by atoms with Gasteiger partial charge in [-0.3, -0.25) is 18.7 Å². The number of nitrogens with zero attached hydrogens (tertiary/aromatic N) is 5. The zero-order valence-corrected chi connectivity index (χ0v) is 38.9. The maximum atomic E-state index is 6.79. The molecule has 0 aliphatic carbocycles. The van der Waals surface area contributed by atoms with Gasteiger partial charge < -0.3 is 4.74 Å². The van der Waals surface area contributed by atoms with E-state index < -0.39 is 0 Å². The molecule has 0 aliphatic rings. The average Bonchev–Trinajstić information content (AvgIpc) is 3.78. The predicted octanol–water partition coefficient (Wildman–Crippen LogP) is 14.2. The third-order valence-corrected chi connectivity index (χ3v) is 12.3. The molecule has 0 saturated carbocycles. The monoisotopic (exact) mass is 829 g/mol. The van der Waals surface area contributed by atoms with E-state index in [1.54, 1.807) is 0 Å². The van der Waals surface area contributed by atoms with E-state index in [-0.39, 0.29) is 21.7 Å². The van der Waals surface area contributed by atoms with Crippen molar-refractivity contribution < 1.29 is 9.30 Å². The maximum Gasteiger partial charge on any atom is 0.271 e. The molecule has 0 spiro atoms. The fourth-order valence-corrected chi connectivity index (χ4v) is 8.39. The highest BCUT2D eigenvalue weighted by atomic mass is 16.5. The number of pyridine rings is 2. The SMILES string of the molecule is CC(C)(C)c1cc(-[n+]2[c-]n(-c3cc(Oc4ccc5c6cc(-c7ccccc7)ccc6n(-c6cc(C(C)(C)C)ccn6)c5c4)ccn3)c3cc(C(C)(C)C)ccc32)cc(C(C)(C)C)c1. The van der Waals surface area contributed by atoms with Gasteiger partial charge in [0.1, 0.15) is 17.3 Å². The second-order valence-corrected chi connectivity index (χ2v) is 21.2. The minimum Gasteiger partial charge on any atom is -0.458 e. The largest absolute Gasteiger partial charge is 0.458 e. The van der Waals surface area contributed by atoms with Gasteiger partial charge in [-0.1, -0.05) is 138 Å². The summed E-state index contributed by atoms with van der Waals surface area (Å²) in [5.41, 5.74) is 12.5. The highest BCUT2D eigenvalue weighted by Crippen LogP contribution is 2.39. The van der Waals surface area contributed by atoms with Gasteiger partial charge >= 0.3 is 0 Å². The van der Waals surface area contributed by atoms with Crippen molar-refractivity contribution >= 4 is 32.8 Å². The molecule has 0 amide bonds. The summed E-state index contributed by atoms with van der Waals surface area (Å²) in [6.45, 7) is 27.2. The predicted molar refractivity (Wildman–Crippen MR) is 260 cm³/mol. The molecule has 6 nitrogen and oxygen atoms in total. The molecule has 0 atom stereocenters. The summed E-state index contributed by atoms with van der Waals surface area (Å²) in [5, 5.41) is 2.29. The van der Waals surface area contributed by atoms with Crippen LogP contribution in [0.1, 0.15) is 105 Å². The highest BCUT2D eigenvalue weighted by molar-refractivity contribution is 6.10. The van der Waals surface area contributed by atoms with Crippen LogP contribution in [0.15, 0.2) is 140 Å². The molecule has 0 bridgehead atoms. The number of imidazole rings is 1. The molecule has 0 aliphatic heterocycles. The lowest BCUT2D eigenvalue weighted by molar-refractivity contribution is -0.572. The van der Waals surface area contributed by atoms with Crippen molar-refractivity contribution in [3.63, 3.8) is 0 Å². The summed E-state index contributed by atoms with van der Waals surface area (Å²) >= 11 is 0. The normalized spacial score (nSPS) is 12.8. The quantitative estimate of drug-likeness (QED) is 0.124. The standard InChI is InChI=1S/C57H59N5O/c1-54(2,3)39-19-23-49-51(32-39)61(36-60(49)43-30-41(56(7,8)9)29-42(31-43)57(10,11)12)52-35-45(25-27-58-52)63-44-20-21-46-47-28-38(37-16-14-13-15-17-37)18-22-48(47)62(50(46)34-44)53-33-40(24-26-59-53)55(4,5)6/h13-35H,1-12H3.